The van der Waals surface area contributed by atoms with Gasteiger partial charge in [-0.3, -0.25) is 0 Å². The molecule has 0 radical (unpaired) electrons. The largest absolute Gasteiger partial charge is 0.375 e. The average Bonchev–Trinajstić information content (AvgIpc) is 3.46. The van der Waals surface area contributed by atoms with Crippen molar-refractivity contribution in [2.24, 2.45) is 0 Å². The second kappa shape index (κ2) is 6.15. The Bertz CT molecular complexity index is 682. The molecular formula is C18H18O3S2. The van der Waals surface area contributed by atoms with Gasteiger partial charge in [-0.1, -0.05) is 24.3 Å². The van der Waals surface area contributed by atoms with Crippen molar-refractivity contribution in [2.45, 2.75) is 27.6 Å². The molecule has 2 aliphatic rings. The summed E-state index contributed by atoms with van der Waals surface area (Å²) in [5.41, 5.74) is 1.84. The van der Waals surface area contributed by atoms with Crippen LogP contribution in [0.5, 0.6) is 0 Å². The van der Waals surface area contributed by atoms with Crippen LogP contribution in [-0.2, 0) is 19.8 Å². The van der Waals surface area contributed by atoms with Gasteiger partial charge >= 0.3 is 0 Å². The molecule has 2 aliphatic heterocycles. The second-order valence-corrected chi connectivity index (χ2v) is 7.03. The highest BCUT2D eigenvalue weighted by Crippen LogP contribution is 2.57. The molecule has 4 rings (SSSR count). The van der Waals surface area contributed by atoms with E-state index in [9.17, 15) is 0 Å². The quantitative estimate of drug-likeness (QED) is 0.619. The van der Waals surface area contributed by atoms with E-state index >= 15 is 0 Å². The fraction of sp³-hybridized carbons (Fsp3) is 0.333. The molecule has 0 bridgehead atoms. The molecule has 0 spiro atoms. The molecule has 0 N–H and O–H groups in total. The van der Waals surface area contributed by atoms with Gasteiger partial charge in [0.1, 0.15) is 17.8 Å². The Kier molecular flexibility index (Phi) is 4.15. The fourth-order valence-electron chi connectivity index (χ4n) is 2.82. The van der Waals surface area contributed by atoms with E-state index in [-0.39, 0.29) is 12.2 Å². The minimum Gasteiger partial charge on any atom is -0.375 e. The number of thiol groups is 2. The minimum absolute atomic E-state index is 0.00215. The van der Waals surface area contributed by atoms with Crippen molar-refractivity contribution >= 4 is 25.3 Å². The number of hydrogen-bond donors (Lipinski definition) is 2. The van der Waals surface area contributed by atoms with Crippen molar-refractivity contribution in [3.05, 3.63) is 59.7 Å². The molecule has 0 amide bonds. The molecule has 0 aromatic heterocycles. The molecule has 3 unspecified atom stereocenters. The highest BCUT2D eigenvalue weighted by molar-refractivity contribution is 7.80. The summed E-state index contributed by atoms with van der Waals surface area (Å²) < 4.78 is 17.2. The van der Waals surface area contributed by atoms with Crippen LogP contribution < -0.4 is 0 Å². The Labute approximate surface area is 146 Å². The third kappa shape index (κ3) is 3.30. The second-order valence-electron chi connectivity index (χ2n) is 6.00. The fourth-order valence-corrected chi connectivity index (χ4v) is 3.12. The lowest BCUT2D eigenvalue weighted by atomic mass is 9.92. The predicted octanol–water partition coefficient (Wildman–Crippen LogP) is 3.65. The van der Waals surface area contributed by atoms with E-state index in [1.807, 2.05) is 24.3 Å². The molecule has 0 aliphatic carbocycles. The van der Waals surface area contributed by atoms with Crippen molar-refractivity contribution in [1.82, 2.24) is 0 Å². The van der Waals surface area contributed by atoms with Crippen LogP contribution in [-0.4, -0.2) is 25.9 Å². The first-order valence-electron chi connectivity index (χ1n) is 7.63. The Hall–Kier alpha value is -0.980. The molecule has 23 heavy (non-hydrogen) atoms. The maximum atomic E-state index is 6.14. The van der Waals surface area contributed by atoms with E-state index < -0.39 is 5.60 Å². The summed E-state index contributed by atoms with van der Waals surface area (Å²) in [7, 11) is 0. The molecule has 2 aromatic rings. The summed E-state index contributed by atoms with van der Waals surface area (Å²) >= 11 is 8.70. The zero-order chi connectivity index (χ0) is 15.9. The Morgan fingerprint density at radius 2 is 1.61 bits per heavy atom. The van der Waals surface area contributed by atoms with Gasteiger partial charge in [-0.25, -0.2) is 0 Å². The van der Waals surface area contributed by atoms with E-state index in [1.165, 1.54) is 0 Å². The lowest BCUT2D eigenvalue weighted by Crippen LogP contribution is -2.20. The predicted molar refractivity (Wildman–Crippen MR) is 93.5 cm³/mol. The highest BCUT2D eigenvalue weighted by Gasteiger charge is 2.58. The molecule has 5 heteroatoms. The summed E-state index contributed by atoms with van der Waals surface area (Å²) in [6.07, 6.45) is 0.259. The third-order valence-corrected chi connectivity index (χ3v) is 4.87. The summed E-state index contributed by atoms with van der Waals surface area (Å²) in [6.45, 7) is 1.94. The van der Waals surface area contributed by atoms with Gasteiger partial charge < -0.3 is 14.2 Å². The van der Waals surface area contributed by atoms with Crippen molar-refractivity contribution < 1.29 is 14.2 Å². The standard InChI is InChI=1S/C18H18O3S2/c22-15-5-1-12(2-6-15)17-18(21-17,11-19-9-14-10-20-14)13-3-7-16(23)8-4-13/h1-8,14,17,22-23H,9-11H2. The van der Waals surface area contributed by atoms with Crippen LogP contribution in [0.3, 0.4) is 0 Å². The van der Waals surface area contributed by atoms with Gasteiger partial charge in [0.25, 0.3) is 0 Å². The number of benzene rings is 2. The lowest BCUT2D eigenvalue weighted by molar-refractivity contribution is 0.0671. The van der Waals surface area contributed by atoms with Crippen LogP contribution in [0.2, 0.25) is 0 Å². The molecule has 2 aromatic carbocycles. The van der Waals surface area contributed by atoms with Gasteiger partial charge in [0.15, 0.2) is 0 Å². The number of hydrogen-bond acceptors (Lipinski definition) is 5. The molecule has 3 nitrogen and oxygen atoms in total. The Morgan fingerprint density at radius 1 is 1.00 bits per heavy atom. The number of epoxide rings is 2. The summed E-state index contributed by atoms with van der Waals surface area (Å²) in [5, 5.41) is 0. The Morgan fingerprint density at radius 3 is 2.22 bits per heavy atom. The van der Waals surface area contributed by atoms with E-state index in [4.69, 9.17) is 14.2 Å². The number of ether oxygens (including phenoxy) is 3. The third-order valence-electron chi connectivity index (χ3n) is 4.27. The normalized spacial score (nSPS) is 28.6. The molecule has 2 saturated heterocycles. The van der Waals surface area contributed by atoms with Crippen molar-refractivity contribution in [1.29, 1.82) is 0 Å². The Balaban J connectivity index is 1.56. The van der Waals surface area contributed by atoms with E-state index in [0.717, 1.165) is 27.5 Å². The lowest BCUT2D eigenvalue weighted by Gasteiger charge is -2.14. The molecular weight excluding hydrogens is 328 g/mol. The maximum Gasteiger partial charge on any atom is 0.147 e. The first kappa shape index (κ1) is 15.5. The van der Waals surface area contributed by atoms with Gasteiger partial charge in [0, 0.05) is 9.79 Å². The number of rotatable bonds is 6. The van der Waals surface area contributed by atoms with E-state index in [1.54, 1.807) is 0 Å². The topological polar surface area (TPSA) is 34.3 Å². The summed E-state index contributed by atoms with van der Waals surface area (Å²) in [5.74, 6) is 0. The van der Waals surface area contributed by atoms with Gasteiger partial charge in [0.2, 0.25) is 0 Å². The van der Waals surface area contributed by atoms with Crippen LogP contribution in [0, 0.1) is 0 Å². The van der Waals surface area contributed by atoms with Crippen LogP contribution in [0.1, 0.15) is 17.2 Å². The van der Waals surface area contributed by atoms with Crippen LogP contribution in [0.15, 0.2) is 58.3 Å². The zero-order valence-corrected chi connectivity index (χ0v) is 14.3. The van der Waals surface area contributed by atoms with Gasteiger partial charge in [-0.15, -0.1) is 25.3 Å². The van der Waals surface area contributed by atoms with Gasteiger partial charge in [0.05, 0.1) is 19.8 Å². The molecule has 120 valence electrons. The van der Waals surface area contributed by atoms with Crippen LogP contribution in [0.4, 0.5) is 0 Å². The van der Waals surface area contributed by atoms with Crippen LogP contribution in [0.25, 0.3) is 0 Å². The van der Waals surface area contributed by atoms with Gasteiger partial charge in [-0.2, -0.15) is 0 Å². The first-order chi connectivity index (χ1) is 11.2. The van der Waals surface area contributed by atoms with Crippen molar-refractivity contribution in [2.75, 3.05) is 19.8 Å². The average molecular weight is 346 g/mol. The van der Waals surface area contributed by atoms with Crippen LogP contribution >= 0.6 is 25.3 Å². The first-order valence-corrected chi connectivity index (χ1v) is 8.52. The maximum absolute atomic E-state index is 6.14. The van der Waals surface area contributed by atoms with E-state index in [2.05, 4.69) is 49.5 Å². The van der Waals surface area contributed by atoms with Gasteiger partial charge in [-0.05, 0) is 35.4 Å². The van der Waals surface area contributed by atoms with E-state index in [0.29, 0.717) is 13.2 Å². The molecule has 2 heterocycles. The van der Waals surface area contributed by atoms with Crippen molar-refractivity contribution in [3.63, 3.8) is 0 Å². The smallest absolute Gasteiger partial charge is 0.147 e. The minimum atomic E-state index is -0.422. The summed E-state index contributed by atoms with van der Waals surface area (Å²) in [6, 6.07) is 16.2. The van der Waals surface area contributed by atoms with Crippen molar-refractivity contribution in [3.8, 4) is 0 Å². The monoisotopic (exact) mass is 346 g/mol. The molecule has 0 saturated carbocycles. The molecule has 2 fully saturated rings. The summed E-state index contributed by atoms with van der Waals surface area (Å²) in [4.78, 5) is 1.88. The zero-order valence-electron chi connectivity index (χ0n) is 12.5. The highest BCUT2D eigenvalue weighted by atomic mass is 32.1. The SMILES string of the molecule is Sc1ccc(C2OC2(COCC2CO2)c2ccc(S)cc2)cc1. The molecule has 3 atom stereocenters.